The molecular formula is C15H24N2O. The highest BCUT2D eigenvalue weighted by molar-refractivity contribution is 5.79. The second-order valence-electron chi connectivity index (χ2n) is 5.23. The molecule has 0 aromatic heterocycles. The summed E-state index contributed by atoms with van der Waals surface area (Å²) in [5, 5.41) is 3.01. The van der Waals surface area contributed by atoms with Gasteiger partial charge in [0.2, 0.25) is 5.91 Å². The molecule has 3 nitrogen and oxygen atoms in total. The summed E-state index contributed by atoms with van der Waals surface area (Å²) in [7, 11) is 0. The molecule has 0 saturated carbocycles. The van der Waals surface area contributed by atoms with E-state index in [1.54, 1.807) is 0 Å². The van der Waals surface area contributed by atoms with Gasteiger partial charge in [0.1, 0.15) is 0 Å². The van der Waals surface area contributed by atoms with Gasteiger partial charge in [-0.1, -0.05) is 38.1 Å². The van der Waals surface area contributed by atoms with Crippen molar-refractivity contribution in [3.8, 4) is 0 Å². The summed E-state index contributed by atoms with van der Waals surface area (Å²) in [5.41, 5.74) is 7.91. The number of rotatable bonds is 6. The van der Waals surface area contributed by atoms with Gasteiger partial charge < -0.3 is 11.1 Å². The minimum Gasteiger partial charge on any atom is -0.352 e. The van der Waals surface area contributed by atoms with Gasteiger partial charge >= 0.3 is 0 Å². The summed E-state index contributed by atoms with van der Waals surface area (Å²) < 4.78 is 0. The predicted octanol–water partition coefficient (Wildman–Crippen LogP) is 2.03. The number of hydrogen-bond donors (Lipinski definition) is 2. The van der Waals surface area contributed by atoms with E-state index in [0.717, 1.165) is 17.5 Å². The van der Waals surface area contributed by atoms with Crippen LogP contribution in [0.4, 0.5) is 0 Å². The number of amides is 1. The van der Waals surface area contributed by atoms with E-state index in [9.17, 15) is 4.79 Å². The standard InChI is InChI=1S/C15H24N2O/c1-11(2)8-14(10-16)17-15(18)9-13-7-5-4-6-12(13)3/h4-7,11,14H,8-10,16H2,1-3H3,(H,17,18). The first-order chi connectivity index (χ1) is 8.52. The fraction of sp³-hybridized carbons (Fsp3) is 0.533. The van der Waals surface area contributed by atoms with Crippen molar-refractivity contribution in [2.75, 3.05) is 6.54 Å². The molecule has 1 atom stereocenters. The van der Waals surface area contributed by atoms with Crippen molar-refractivity contribution in [2.45, 2.75) is 39.7 Å². The summed E-state index contributed by atoms with van der Waals surface area (Å²) in [6.07, 6.45) is 1.36. The number of carbonyl (C=O) groups is 1. The van der Waals surface area contributed by atoms with Crippen LogP contribution in [0, 0.1) is 12.8 Å². The van der Waals surface area contributed by atoms with Crippen molar-refractivity contribution in [3.63, 3.8) is 0 Å². The average Bonchev–Trinajstić information content (AvgIpc) is 2.30. The minimum absolute atomic E-state index is 0.0559. The van der Waals surface area contributed by atoms with Crippen molar-refractivity contribution in [3.05, 3.63) is 35.4 Å². The van der Waals surface area contributed by atoms with Crippen LogP contribution in [0.1, 0.15) is 31.4 Å². The van der Waals surface area contributed by atoms with E-state index in [-0.39, 0.29) is 11.9 Å². The van der Waals surface area contributed by atoms with Crippen LogP contribution in [0.5, 0.6) is 0 Å². The third kappa shape index (κ3) is 4.88. The molecule has 18 heavy (non-hydrogen) atoms. The molecule has 0 radical (unpaired) electrons. The molecule has 0 aliphatic rings. The van der Waals surface area contributed by atoms with E-state index < -0.39 is 0 Å². The lowest BCUT2D eigenvalue weighted by atomic mass is 10.0. The highest BCUT2D eigenvalue weighted by atomic mass is 16.1. The Morgan fingerprint density at radius 3 is 2.56 bits per heavy atom. The average molecular weight is 248 g/mol. The van der Waals surface area contributed by atoms with Crippen LogP contribution in [0.25, 0.3) is 0 Å². The normalized spacial score (nSPS) is 12.5. The Morgan fingerprint density at radius 2 is 2.00 bits per heavy atom. The molecule has 1 rings (SSSR count). The Morgan fingerprint density at radius 1 is 1.33 bits per heavy atom. The maximum Gasteiger partial charge on any atom is 0.224 e. The van der Waals surface area contributed by atoms with Crippen LogP contribution in [0.15, 0.2) is 24.3 Å². The van der Waals surface area contributed by atoms with Crippen LogP contribution < -0.4 is 11.1 Å². The van der Waals surface area contributed by atoms with Gasteiger partial charge in [-0.15, -0.1) is 0 Å². The first-order valence-corrected chi connectivity index (χ1v) is 6.56. The fourth-order valence-corrected chi connectivity index (χ4v) is 2.04. The molecule has 1 amide bonds. The van der Waals surface area contributed by atoms with Crippen molar-refractivity contribution in [1.29, 1.82) is 0 Å². The molecule has 0 spiro atoms. The van der Waals surface area contributed by atoms with E-state index in [1.165, 1.54) is 0 Å². The number of nitrogens with two attached hydrogens (primary N) is 1. The van der Waals surface area contributed by atoms with Gasteiger partial charge in [0.25, 0.3) is 0 Å². The Bertz CT molecular complexity index is 388. The summed E-state index contributed by atoms with van der Waals surface area (Å²) >= 11 is 0. The monoisotopic (exact) mass is 248 g/mol. The summed E-state index contributed by atoms with van der Waals surface area (Å²) in [6, 6.07) is 8.05. The molecule has 1 aromatic carbocycles. The first kappa shape index (κ1) is 14.7. The lowest BCUT2D eigenvalue weighted by Gasteiger charge is -2.19. The van der Waals surface area contributed by atoms with Crippen LogP contribution in [0.2, 0.25) is 0 Å². The van der Waals surface area contributed by atoms with E-state index in [0.29, 0.717) is 18.9 Å². The van der Waals surface area contributed by atoms with Gasteiger partial charge in [-0.05, 0) is 30.4 Å². The molecule has 0 bridgehead atoms. The highest BCUT2D eigenvalue weighted by Crippen LogP contribution is 2.08. The smallest absolute Gasteiger partial charge is 0.224 e. The number of nitrogens with one attached hydrogen (secondary N) is 1. The first-order valence-electron chi connectivity index (χ1n) is 6.56. The molecule has 0 heterocycles. The third-order valence-corrected chi connectivity index (χ3v) is 3.02. The topological polar surface area (TPSA) is 55.1 Å². The maximum absolute atomic E-state index is 11.9. The fourth-order valence-electron chi connectivity index (χ4n) is 2.04. The quantitative estimate of drug-likeness (QED) is 0.809. The van der Waals surface area contributed by atoms with Gasteiger partial charge in [0.05, 0.1) is 6.42 Å². The largest absolute Gasteiger partial charge is 0.352 e. The Balaban J connectivity index is 2.53. The number of carbonyl (C=O) groups excluding carboxylic acids is 1. The summed E-state index contributed by atoms with van der Waals surface area (Å²) in [6.45, 7) is 6.79. The Kier molecular flexibility index (Phi) is 5.86. The van der Waals surface area contributed by atoms with Crippen LogP contribution in [-0.2, 0) is 11.2 Å². The van der Waals surface area contributed by atoms with Crippen LogP contribution in [0.3, 0.4) is 0 Å². The minimum atomic E-state index is 0.0559. The van der Waals surface area contributed by atoms with Crippen molar-refractivity contribution in [1.82, 2.24) is 5.32 Å². The zero-order valence-corrected chi connectivity index (χ0v) is 11.6. The van der Waals surface area contributed by atoms with Crippen molar-refractivity contribution < 1.29 is 4.79 Å². The highest BCUT2D eigenvalue weighted by Gasteiger charge is 2.13. The number of aryl methyl sites for hydroxylation is 1. The molecule has 0 aliphatic heterocycles. The molecule has 0 fully saturated rings. The molecule has 3 heteroatoms. The molecular weight excluding hydrogens is 224 g/mol. The van der Waals surface area contributed by atoms with E-state index in [1.807, 2.05) is 31.2 Å². The lowest BCUT2D eigenvalue weighted by Crippen LogP contribution is -2.41. The Labute approximate surface area is 110 Å². The van der Waals surface area contributed by atoms with E-state index in [4.69, 9.17) is 5.73 Å². The summed E-state index contributed by atoms with van der Waals surface area (Å²) in [5.74, 6) is 0.595. The van der Waals surface area contributed by atoms with Crippen LogP contribution in [-0.4, -0.2) is 18.5 Å². The van der Waals surface area contributed by atoms with Gasteiger partial charge in [-0.2, -0.15) is 0 Å². The summed E-state index contributed by atoms with van der Waals surface area (Å²) in [4.78, 5) is 11.9. The lowest BCUT2D eigenvalue weighted by molar-refractivity contribution is -0.121. The van der Waals surface area contributed by atoms with E-state index in [2.05, 4.69) is 19.2 Å². The SMILES string of the molecule is Cc1ccccc1CC(=O)NC(CN)CC(C)C. The van der Waals surface area contributed by atoms with Gasteiger partial charge in [-0.25, -0.2) is 0 Å². The van der Waals surface area contributed by atoms with Crippen molar-refractivity contribution in [2.24, 2.45) is 11.7 Å². The number of hydrogen-bond acceptors (Lipinski definition) is 2. The molecule has 0 aliphatic carbocycles. The molecule has 1 aromatic rings. The van der Waals surface area contributed by atoms with Gasteiger partial charge in [0, 0.05) is 12.6 Å². The van der Waals surface area contributed by atoms with Gasteiger partial charge in [0.15, 0.2) is 0 Å². The molecule has 3 N–H and O–H groups in total. The molecule has 100 valence electrons. The molecule has 1 unspecified atom stereocenters. The molecule has 0 saturated heterocycles. The maximum atomic E-state index is 11.9. The zero-order chi connectivity index (χ0) is 13.5. The van der Waals surface area contributed by atoms with E-state index >= 15 is 0 Å². The van der Waals surface area contributed by atoms with Crippen molar-refractivity contribution >= 4 is 5.91 Å². The Hall–Kier alpha value is -1.35. The number of benzene rings is 1. The third-order valence-electron chi connectivity index (χ3n) is 3.02. The van der Waals surface area contributed by atoms with Crippen LogP contribution >= 0.6 is 0 Å². The predicted molar refractivity (Wildman–Crippen MR) is 75.3 cm³/mol. The second-order valence-corrected chi connectivity index (χ2v) is 5.23. The van der Waals surface area contributed by atoms with Gasteiger partial charge in [-0.3, -0.25) is 4.79 Å². The second kappa shape index (κ2) is 7.17. The zero-order valence-electron chi connectivity index (χ0n) is 11.6.